The van der Waals surface area contributed by atoms with Gasteiger partial charge in [-0.1, -0.05) is 56.3 Å². The number of hydrogen-bond acceptors (Lipinski definition) is 2. The quantitative estimate of drug-likeness (QED) is 0.608. The van der Waals surface area contributed by atoms with Gasteiger partial charge in [0.2, 0.25) is 0 Å². The molecule has 0 saturated heterocycles. The highest BCUT2D eigenvalue weighted by molar-refractivity contribution is 5.82. The lowest BCUT2D eigenvalue weighted by molar-refractivity contribution is 0.243. The van der Waals surface area contributed by atoms with E-state index in [9.17, 15) is 4.79 Å². The van der Waals surface area contributed by atoms with Gasteiger partial charge in [-0.3, -0.25) is 4.57 Å². The van der Waals surface area contributed by atoms with Crippen LogP contribution in [0.2, 0.25) is 0 Å². The van der Waals surface area contributed by atoms with Gasteiger partial charge in [-0.05, 0) is 47.7 Å². The molecule has 0 fully saturated rings. The number of amides is 1. The second-order valence-electron chi connectivity index (χ2n) is 7.81. The van der Waals surface area contributed by atoms with E-state index in [2.05, 4.69) is 55.6 Å². The summed E-state index contributed by atoms with van der Waals surface area (Å²) in [7, 11) is 0. The fraction of sp³-hybridized carbons (Fsp3) is 0.292. The number of aromatic nitrogens is 1. The predicted molar refractivity (Wildman–Crippen MR) is 111 cm³/mol. The number of fused-ring (bicyclic) bond motifs is 1. The van der Waals surface area contributed by atoms with Gasteiger partial charge >= 0.3 is 6.03 Å². The normalized spacial score (nSPS) is 15.5. The van der Waals surface area contributed by atoms with E-state index in [0.29, 0.717) is 12.5 Å². The van der Waals surface area contributed by atoms with Crippen LogP contribution >= 0.6 is 0 Å². The topological polar surface area (TPSA) is 43.3 Å². The molecule has 1 aliphatic rings. The first-order valence-electron chi connectivity index (χ1n) is 9.87. The fourth-order valence-corrected chi connectivity index (χ4v) is 3.75. The molecule has 0 aliphatic carbocycles. The Morgan fingerprint density at radius 3 is 2.43 bits per heavy atom. The molecule has 1 N–H and O–H groups in total. The maximum Gasteiger partial charge on any atom is 0.326 e. The van der Waals surface area contributed by atoms with E-state index in [4.69, 9.17) is 4.74 Å². The van der Waals surface area contributed by atoms with Crippen molar-refractivity contribution in [1.29, 1.82) is 0 Å². The molecule has 0 bridgehead atoms. The molecule has 1 amide bonds. The number of nitrogens with zero attached hydrogens (tertiary/aromatic N) is 1. The summed E-state index contributed by atoms with van der Waals surface area (Å²) in [5.74, 6) is 1.39. The Morgan fingerprint density at radius 2 is 1.71 bits per heavy atom. The zero-order chi connectivity index (χ0) is 19.5. The van der Waals surface area contributed by atoms with Crippen molar-refractivity contribution in [3.63, 3.8) is 0 Å². The molecule has 0 radical (unpaired) electrons. The first kappa shape index (κ1) is 18.4. The van der Waals surface area contributed by atoms with E-state index in [-0.39, 0.29) is 12.1 Å². The van der Waals surface area contributed by atoms with Crippen molar-refractivity contribution in [1.82, 2.24) is 9.88 Å². The average Bonchev–Trinajstić information content (AvgIpc) is 3.24. The Labute approximate surface area is 166 Å². The molecule has 4 rings (SSSR count). The van der Waals surface area contributed by atoms with Gasteiger partial charge in [-0.15, -0.1) is 0 Å². The predicted octanol–water partition coefficient (Wildman–Crippen LogP) is 5.32. The van der Waals surface area contributed by atoms with Crippen LogP contribution in [0.5, 0.6) is 5.75 Å². The van der Waals surface area contributed by atoms with E-state index in [1.807, 2.05) is 34.9 Å². The van der Waals surface area contributed by atoms with Crippen molar-refractivity contribution in [2.75, 3.05) is 0 Å². The Kier molecular flexibility index (Phi) is 5.20. The first-order chi connectivity index (χ1) is 13.6. The Bertz CT molecular complexity index is 942. The molecule has 1 atom stereocenters. The first-order valence-corrected chi connectivity index (χ1v) is 9.87. The molecular weight excluding hydrogens is 348 g/mol. The van der Waals surface area contributed by atoms with Crippen LogP contribution in [0.1, 0.15) is 48.8 Å². The lowest BCUT2D eigenvalue weighted by Crippen LogP contribution is -2.23. The highest BCUT2D eigenvalue weighted by atomic mass is 16.5. The molecule has 1 aromatic heterocycles. The van der Waals surface area contributed by atoms with Crippen LogP contribution in [-0.2, 0) is 13.0 Å². The number of rotatable bonds is 7. The highest BCUT2D eigenvalue weighted by Crippen LogP contribution is 2.29. The Hall–Kier alpha value is -3.01. The molecule has 28 heavy (non-hydrogen) atoms. The summed E-state index contributed by atoms with van der Waals surface area (Å²) in [6.45, 7) is 4.92. The SMILES string of the molecule is CC(C)C[C@@H]1NC(=O)n2c(Cc3ccc(OCc4ccccc4)cc3)ccc21. The average molecular weight is 374 g/mol. The summed E-state index contributed by atoms with van der Waals surface area (Å²) in [6.07, 6.45) is 1.68. The van der Waals surface area contributed by atoms with Gasteiger partial charge in [0.25, 0.3) is 0 Å². The van der Waals surface area contributed by atoms with E-state index in [0.717, 1.165) is 41.1 Å². The molecule has 4 nitrogen and oxygen atoms in total. The minimum atomic E-state index is -0.0107. The summed E-state index contributed by atoms with van der Waals surface area (Å²) in [5, 5.41) is 3.10. The fourth-order valence-electron chi connectivity index (χ4n) is 3.75. The molecular formula is C24H26N2O2. The van der Waals surface area contributed by atoms with Crippen LogP contribution in [0.4, 0.5) is 4.79 Å². The molecule has 1 aliphatic heterocycles. The second kappa shape index (κ2) is 7.93. The van der Waals surface area contributed by atoms with Crippen molar-refractivity contribution >= 4 is 6.03 Å². The summed E-state index contributed by atoms with van der Waals surface area (Å²) >= 11 is 0. The van der Waals surface area contributed by atoms with Gasteiger partial charge < -0.3 is 10.1 Å². The molecule has 4 heteroatoms. The lowest BCUT2D eigenvalue weighted by Gasteiger charge is -2.11. The van der Waals surface area contributed by atoms with Crippen molar-refractivity contribution in [3.05, 3.63) is 89.2 Å². The third-order valence-electron chi connectivity index (χ3n) is 5.11. The van der Waals surface area contributed by atoms with Crippen molar-refractivity contribution in [2.24, 2.45) is 5.92 Å². The van der Waals surface area contributed by atoms with Gasteiger partial charge in [0.05, 0.1) is 11.7 Å². The van der Waals surface area contributed by atoms with Crippen LogP contribution in [0.25, 0.3) is 0 Å². The second-order valence-corrected chi connectivity index (χ2v) is 7.81. The van der Waals surface area contributed by atoms with Crippen LogP contribution in [0.3, 0.4) is 0 Å². The van der Waals surface area contributed by atoms with E-state index >= 15 is 0 Å². The van der Waals surface area contributed by atoms with Crippen LogP contribution in [-0.4, -0.2) is 10.6 Å². The summed E-state index contributed by atoms with van der Waals surface area (Å²) in [4.78, 5) is 12.4. The number of benzene rings is 2. The van der Waals surface area contributed by atoms with Crippen LogP contribution in [0, 0.1) is 5.92 Å². The van der Waals surface area contributed by atoms with Gasteiger partial charge in [-0.2, -0.15) is 0 Å². The smallest absolute Gasteiger partial charge is 0.326 e. The largest absolute Gasteiger partial charge is 0.489 e. The summed E-state index contributed by atoms with van der Waals surface area (Å²) in [5.41, 5.74) is 4.42. The number of nitrogens with one attached hydrogen (secondary N) is 1. The molecule has 0 unspecified atom stereocenters. The molecule has 144 valence electrons. The molecule has 2 heterocycles. The van der Waals surface area contributed by atoms with Gasteiger partial charge in [-0.25, -0.2) is 4.79 Å². The van der Waals surface area contributed by atoms with Crippen LogP contribution in [0.15, 0.2) is 66.7 Å². The highest BCUT2D eigenvalue weighted by Gasteiger charge is 2.30. The molecule has 0 saturated carbocycles. The number of carbonyl (C=O) groups is 1. The Balaban J connectivity index is 1.42. The maximum atomic E-state index is 12.4. The lowest BCUT2D eigenvalue weighted by atomic mass is 10.0. The molecule has 2 aromatic carbocycles. The minimum Gasteiger partial charge on any atom is -0.489 e. The van der Waals surface area contributed by atoms with Crippen molar-refractivity contribution in [3.8, 4) is 5.75 Å². The monoisotopic (exact) mass is 374 g/mol. The zero-order valence-corrected chi connectivity index (χ0v) is 16.4. The van der Waals surface area contributed by atoms with Gasteiger partial charge in [0.15, 0.2) is 0 Å². The minimum absolute atomic E-state index is 0.0107. The van der Waals surface area contributed by atoms with Gasteiger partial charge in [0.1, 0.15) is 12.4 Å². The summed E-state index contributed by atoms with van der Waals surface area (Å²) < 4.78 is 7.70. The number of hydrogen-bond donors (Lipinski definition) is 1. The molecule has 3 aromatic rings. The Morgan fingerprint density at radius 1 is 0.964 bits per heavy atom. The van der Waals surface area contributed by atoms with E-state index < -0.39 is 0 Å². The third kappa shape index (κ3) is 3.96. The maximum absolute atomic E-state index is 12.4. The van der Waals surface area contributed by atoms with Gasteiger partial charge in [0, 0.05) is 12.1 Å². The standard InChI is InChI=1S/C24H26N2O2/c1-17(2)14-22-23-13-10-20(26(23)24(27)25-22)15-18-8-11-21(12-9-18)28-16-19-6-4-3-5-7-19/h3-13,17,22H,14-16H2,1-2H3,(H,25,27)/t22-/m0/s1. The van der Waals surface area contributed by atoms with Crippen molar-refractivity contribution in [2.45, 2.75) is 39.3 Å². The van der Waals surface area contributed by atoms with E-state index in [1.54, 1.807) is 0 Å². The number of ether oxygens (including phenoxy) is 1. The summed E-state index contributed by atoms with van der Waals surface area (Å²) in [6, 6.07) is 22.5. The third-order valence-corrected chi connectivity index (χ3v) is 5.11. The van der Waals surface area contributed by atoms with Crippen LogP contribution < -0.4 is 10.1 Å². The molecule has 0 spiro atoms. The number of carbonyl (C=O) groups excluding carboxylic acids is 1. The van der Waals surface area contributed by atoms with E-state index in [1.165, 1.54) is 0 Å². The zero-order valence-electron chi connectivity index (χ0n) is 16.4. The van der Waals surface area contributed by atoms with Crippen molar-refractivity contribution < 1.29 is 9.53 Å².